The number of amides is 2. The summed E-state index contributed by atoms with van der Waals surface area (Å²) < 4.78 is 0. The van der Waals surface area contributed by atoms with Gasteiger partial charge >= 0.3 is 5.97 Å². The zero-order chi connectivity index (χ0) is 15.0. The van der Waals surface area contributed by atoms with E-state index in [9.17, 15) is 14.4 Å². The van der Waals surface area contributed by atoms with Gasteiger partial charge in [-0.2, -0.15) is 11.8 Å². The van der Waals surface area contributed by atoms with Gasteiger partial charge in [-0.3, -0.25) is 14.4 Å². The Hall–Kier alpha value is -2.02. The van der Waals surface area contributed by atoms with Gasteiger partial charge in [-0.15, -0.1) is 0 Å². The number of nitrogens with one attached hydrogen (secondary N) is 2. The molecule has 1 rings (SSSR count). The highest BCUT2D eigenvalue weighted by atomic mass is 32.2. The maximum Gasteiger partial charge on any atom is 0.322 e. The summed E-state index contributed by atoms with van der Waals surface area (Å²) in [5.74, 6) is -0.896. The van der Waals surface area contributed by atoms with Crippen molar-refractivity contribution < 1.29 is 19.5 Å². The van der Waals surface area contributed by atoms with Crippen molar-refractivity contribution in [1.29, 1.82) is 0 Å². The highest BCUT2D eigenvalue weighted by Crippen LogP contribution is 2.10. The Kier molecular flexibility index (Phi) is 6.58. The molecule has 108 valence electrons. The van der Waals surface area contributed by atoms with Gasteiger partial charge in [0.25, 0.3) is 5.91 Å². The van der Waals surface area contributed by atoms with Gasteiger partial charge in [0.2, 0.25) is 5.91 Å². The van der Waals surface area contributed by atoms with E-state index in [0.29, 0.717) is 17.7 Å². The molecule has 0 aromatic heterocycles. The number of aliphatic carboxylic acids is 1. The van der Waals surface area contributed by atoms with Crippen LogP contribution in [0.2, 0.25) is 0 Å². The SMILES string of the molecule is CSCCC(=O)Nc1ccc(C(=O)NCC(=O)O)cc1. The van der Waals surface area contributed by atoms with E-state index in [1.54, 1.807) is 23.9 Å². The van der Waals surface area contributed by atoms with Crippen LogP contribution >= 0.6 is 11.8 Å². The number of carboxylic acid groups (broad SMARTS) is 1. The molecule has 0 bridgehead atoms. The minimum Gasteiger partial charge on any atom is -0.480 e. The summed E-state index contributed by atoms with van der Waals surface area (Å²) in [5, 5.41) is 13.4. The topological polar surface area (TPSA) is 95.5 Å². The molecule has 0 unspecified atom stereocenters. The largest absolute Gasteiger partial charge is 0.480 e. The smallest absolute Gasteiger partial charge is 0.322 e. The summed E-state index contributed by atoms with van der Waals surface area (Å²) >= 11 is 1.59. The second kappa shape index (κ2) is 8.21. The molecule has 3 N–H and O–H groups in total. The molecule has 7 heteroatoms. The van der Waals surface area contributed by atoms with Gasteiger partial charge < -0.3 is 15.7 Å². The summed E-state index contributed by atoms with van der Waals surface area (Å²) in [6.07, 6.45) is 2.36. The molecular formula is C13H16N2O4S. The van der Waals surface area contributed by atoms with Crippen molar-refractivity contribution in [2.24, 2.45) is 0 Å². The van der Waals surface area contributed by atoms with E-state index in [0.717, 1.165) is 5.75 Å². The van der Waals surface area contributed by atoms with Crippen molar-refractivity contribution in [2.45, 2.75) is 6.42 Å². The Morgan fingerprint density at radius 2 is 1.85 bits per heavy atom. The number of hydrogen-bond donors (Lipinski definition) is 3. The summed E-state index contributed by atoms with van der Waals surface area (Å²) in [5.41, 5.74) is 0.944. The van der Waals surface area contributed by atoms with E-state index in [4.69, 9.17) is 5.11 Å². The molecule has 0 aliphatic carbocycles. The second-order valence-corrected chi connectivity index (χ2v) is 4.93. The average molecular weight is 296 g/mol. The lowest BCUT2D eigenvalue weighted by Gasteiger charge is -2.06. The van der Waals surface area contributed by atoms with E-state index in [1.807, 2.05) is 6.26 Å². The molecule has 0 heterocycles. The van der Waals surface area contributed by atoms with E-state index in [-0.39, 0.29) is 5.91 Å². The highest BCUT2D eigenvalue weighted by Gasteiger charge is 2.07. The van der Waals surface area contributed by atoms with Crippen molar-refractivity contribution in [3.05, 3.63) is 29.8 Å². The summed E-state index contributed by atoms with van der Waals surface area (Å²) in [6.45, 7) is -0.425. The molecule has 0 aliphatic heterocycles. The molecule has 0 saturated heterocycles. The molecule has 20 heavy (non-hydrogen) atoms. The Bertz CT molecular complexity index is 488. The monoisotopic (exact) mass is 296 g/mol. The van der Waals surface area contributed by atoms with Gasteiger partial charge in [-0.1, -0.05) is 0 Å². The minimum absolute atomic E-state index is 0.0811. The predicted molar refractivity (Wildman–Crippen MR) is 78.0 cm³/mol. The van der Waals surface area contributed by atoms with Gasteiger partial charge in [-0.05, 0) is 30.5 Å². The first-order chi connectivity index (χ1) is 9.52. The normalized spacial score (nSPS) is 9.85. The quantitative estimate of drug-likeness (QED) is 0.702. The minimum atomic E-state index is -1.10. The van der Waals surface area contributed by atoms with Crippen molar-refractivity contribution in [1.82, 2.24) is 5.32 Å². The van der Waals surface area contributed by atoms with Gasteiger partial charge in [0.15, 0.2) is 0 Å². The summed E-state index contributed by atoms with van der Waals surface area (Å²) in [4.78, 5) is 33.4. The van der Waals surface area contributed by atoms with Gasteiger partial charge in [0.05, 0.1) is 0 Å². The van der Waals surface area contributed by atoms with Crippen LogP contribution in [0.4, 0.5) is 5.69 Å². The van der Waals surface area contributed by atoms with Crippen LogP contribution in [0.5, 0.6) is 0 Å². The lowest BCUT2D eigenvalue weighted by atomic mass is 10.2. The lowest BCUT2D eigenvalue weighted by molar-refractivity contribution is -0.135. The fourth-order valence-corrected chi connectivity index (χ4v) is 1.77. The number of hydrogen-bond acceptors (Lipinski definition) is 4. The van der Waals surface area contributed by atoms with Gasteiger partial charge in [0.1, 0.15) is 6.54 Å². The van der Waals surface area contributed by atoms with Crippen LogP contribution in [-0.4, -0.2) is 41.4 Å². The first kappa shape index (κ1) is 16.0. The molecule has 0 atom stereocenters. The van der Waals surface area contributed by atoms with E-state index < -0.39 is 18.4 Å². The maximum absolute atomic E-state index is 11.6. The number of carbonyl (C=O) groups is 3. The molecule has 0 radical (unpaired) electrons. The lowest BCUT2D eigenvalue weighted by Crippen LogP contribution is -2.29. The van der Waals surface area contributed by atoms with Crippen LogP contribution in [0.15, 0.2) is 24.3 Å². The molecule has 0 spiro atoms. The standard InChI is InChI=1S/C13H16N2O4S/c1-20-7-6-11(16)15-10-4-2-9(3-5-10)13(19)14-8-12(17)18/h2-5H,6-8H2,1H3,(H,14,19)(H,15,16)(H,17,18). The third-order valence-electron chi connectivity index (χ3n) is 2.36. The molecule has 2 amide bonds. The summed E-state index contributed by atoms with van der Waals surface area (Å²) in [6, 6.07) is 6.27. The van der Waals surface area contributed by atoms with E-state index in [1.165, 1.54) is 12.1 Å². The number of carboxylic acids is 1. The number of carbonyl (C=O) groups excluding carboxylic acids is 2. The van der Waals surface area contributed by atoms with E-state index >= 15 is 0 Å². The fraction of sp³-hybridized carbons (Fsp3) is 0.308. The third-order valence-corrected chi connectivity index (χ3v) is 2.98. The first-order valence-corrected chi connectivity index (χ1v) is 7.31. The van der Waals surface area contributed by atoms with Crippen LogP contribution in [-0.2, 0) is 9.59 Å². The van der Waals surface area contributed by atoms with Crippen LogP contribution in [0, 0.1) is 0 Å². The Labute approximate surface area is 120 Å². The molecule has 0 fully saturated rings. The Morgan fingerprint density at radius 1 is 1.20 bits per heavy atom. The van der Waals surface area contributed by atoms with Gasteiger partial charge in [-0.25, -0.2) is 0 Å². The number of benzene rings is 1. The Morgan fingerprint density at radius 3 is 2.40 bits per heavy atom. The third kappa shape index (κ3) is 5.75. The predicted octanol–water partition coefficient (Wildman–Crippen LogP) is 1.19. The van der Waals surface area contributed by atoms with Crippen LogP contribution in [0.1, 0.15) is 16.8 Å². The number of rotatable bonds is 7. The average Bonchev–Trinajstić information content (AvgIpc) is 2.43. The first-order valence-electron chi connectivity index (χ1n) is 5.91. The van der Waals surface area contributed by atoms with E-state index in [2.05, 4.69) is 10.6 Å². The van der Waals surface area contributed by atoms with Crippen LogP contribution in [0.25, 0.3) is 0 Å². The molecular weight excluding hydrogens is 280 g/mol. The van der Waals surface area contributed by atoms with Crippen LogP contribution in [0.3, 0.4) is 0 Å². The number of anilines is 1. The van der Waals surface area contributed by atoms with Crippen molar-refractivity contribution in [2.75, 3.05) is 23.9 Å². The zero-order valence-corrected chi connectivity index (χ0v) is 11.8. The van der Waals surface area contributed by atoms with Crippen LogP contribution < -0.4 is 10.6 Å². The van der Waals surface area contributed by atoms with Crippen molar-refractivity contribution >= 4 is 35.2 Å². The molecule has 6 nitrogen and oxygen atoms in total. The highest BCUT2D eigenvalue weighted by molar-refractivity contribution is 7.98. The maximum atomic E-state index is 11.6. The molecule has 0 aliphatic rings. The molecule has 1 aromatic rings. The fourth-order valence-electron chi connectivity index (χ4n) is 1.38. The number of thioether (sulfide) groups is 1. The molecule has 0 saturated carbocycles. The zero-order valence-electron chi connectivity index (χ0n) is 11.0. The van der Waals surface area contributed by atoms with Crippen molar-refractivity contribution in [3.8, 4) is 0 Å². The second-order valence-electron chi connectivity index (χ2n) is 3.94. The van der Waals surface area contributed by atoms with Crippen molar-refractivity contribution in [3.63, 3.8) is 0 Å². The van der Waals surface area contributed by atoms with Gasteiger partial charge in [0, 0.05) is 23.4 Å². The summed E-state index contributed by atoms with van der Waals surface area (Å²) in [7, 11) is 0. The molecule has 1 aromatic carbocycles. The Balaban J connectivity index is 2.53.